The molecule has 0 unspecified atom stereocenters. The number of nitrogens with one attached hydrogen (secondary N) is 1. The molecule has 0 saturated heterocycles. The van der Waals surface area contributed by atoms with Crippen molar-refractivity contribution in [2.24, 2.45) is 0 Å². The number of aliphatic carboxylic acids is 1. The fourth-order valence-electron chi connectivity index (χ4n) is 1.72. The normalized spacial score (nSPS) is 11.9. The van der Waals surface area contributed by atoms with Crippen LogP contribution in [0.1, 0.15) is 0 Å². The molecule has 0 spiro atoms. The SMILES string of the molecule is CS(=O)(=O)NCCn1c(SCC(=O)O)nc2cccnc21. The van der Waals surface area contributed by atoms with Gasteiger partial charge in [0.1, 0.15) is 5.52 Å². The number of imidazole rings is 1. The third-order valence-corrected chi connectivity index (χ3v) is 4.18. The first-order valence-electron chi connectivity index (χ1n) is 5.97. The molecule has 10 heteroatoms. The van der Waals surface area contributed by atoms with Gasteiger partial charge in [-0.05, 0) is 12.1 Å². The van der Waals surface area contributed by atoms with Crippen LogP contribution in [0, 0.1) is 0 Å². The summed E-state index contributed by atoms with van der Waals surface area (Å²) in [6.45, 7) is 0.504. The van der Waals surface area contributed by atoms with E-state index in [1.807, 2.05) is 0 Å². The lowest BCUT2D eigenvalue weighted by Crippen LogP contribution is -2.26. The van der Waals surface area contributed by atoms with Gasteiger partial charge < -0.3 is 9.67 Å². The van der Waals surface area contributed by atoms with E-state index < -0.39 is 16.0 Å². The maximum absolute atomic E-state index is 11.1. The fourth-order valence-corrected chi connectivity index (χ4v) is 2.93. The molecule has 0 aromatic carbocycles. The molecule has 0 aliphatic heterocycles. The highest BCUT2D eigenvalue weighted by molar-refractivity contribution is 7.99. The zero-order valence-electron chi connectivity index (χ0n) is 11.2. The molecule has 0 aliphatic rings. The van der Waals surface area contributed by atoms with Crippen molar-refractivity contribution in [3.8, 4) is 0 Å². The van der Waals surface area contributed by atoms with Crippen molar-refractivity contribution >= 4 is 38.9 Å². The number of rotatable bonds is 7. The lowest BCUT2D eigenvalue weighted by Gasteiger charge is -2.07. The van der Waals surface area contributed by atoms with Gasteiger partial charge in [-0.2, -0.15) is 0 Å². The molecule has 0 radical (unpaired) electrons. The number of fused-ring (bicyclic) bond motifs is 1. The Kier molecular flexibility index (Phi) is 4.80. The Labute approximate surface area is 125 Å². The maximum Gasteiger partial charge on any atom is 0.313 e. The third-order valence-electron chi connectivity index (χ3n) is 2.49. The first-order chi connectivity index (χ1) is 9.87. The van der Waals surface area contributed by atoms with Crippen LogP contribution < -0.4 is 4.72 Å². The van der Waals surface area contributed by atoms with Gasteiger partial charge in [-0.1, -0.05) is 11.8 Å². The highest BCUT2D eigenvalue weighted by Crippen LogP contribution is 2.22. The van der Waals surface area contributed by atoms with Crippen molar-refractivity contribution in [1.29, 1.82) is 0 Å². The molecule has 2 aromatic heterocycles. The Morgan fingerprint density at radius 2 is 2.29 bits per heavy atom. The molecule has 2 aromatic rings. The van der Waals surface area contributed by atoms with Gasteiger partial charge in [-0.15, -0.1) is 0 Å². The summed E-state index contributed by atoms with van der Waals surface area (Å²) in [6.07, 6.45) is 2.69. The van der Waals surface area contributed by atoms with Crippen LogP contribution >= 0.6 is 11.8 Å². The topological polar surface area (TPSA) is 114 Å². The number of hydrogen-bond donors (Lipinski definition) is 2. The Bertz CT molecular complexity index is 757. The van der Waals surface area contributed by atoms with Crippen LogP contribution in [-0.4, -0.2) is 52.6 Å². The molecule has 2 rings (SSSR count). The number of carboxylic acids is 1. The van der Waals surface area contributed by atoms with E-state index in [0.717, 1.165) is 18.0 Å². The number of sulfonamides is 1. The highest BCUT2D eigenvalue weighted by Gasteiger charge is 2.13. The molecule has 0 amide bonds. The van der Waals surface area contributed by atoms with E-state index in [4.69, 9.17) is 5.11 Å². The number of nitrogens with zero attached hydrogens (tertiary/aromatic N) is 3. The third kappa shape index (κ3) is 4.41. The summed E-state index contributed by atoms with van der Waals surface area (Å²) in [5.74, 6) is -1.07. The standard InChI is InChI=1S/C11H14N4O4S2/c1-21(18,19)13-5-6-15-10-8(3-2-4-12-10)14-11(15)20-7-9(16)17/h2-4,13H,5-7H2,1H3,(H,16,17). The second-order valence-corrected chi connectivity index (χ2v) is 7.02. The molecular weight excluding hydrogens is 316 g/mol. The molecule has 2 heterocycles. The minimum absolute atomic E-state index is 0.122. The van der Waals surface area contributed by atoms with Crippen LogP contribution in [0.15, 0.2) is 23.5 Å². The van der Waals surface area contributed by atoms with E-state index in [1.165, 1.54) is 0 Å². The van der Waals surface area contributed by atoms with Crippen LogP contribution in [0.5, 0.6) is 0 Å². The molecule has 0 fully saturated rings. The number of thioether (sulfide) groups is 1. The van der Waals surface area contributed by atoms with Crippen molar-refractivity contribution < 1.29 is 18.3 Å². The van der Waals surface area contributed by atoms with Crippen LogP contribution in [0.3, 0.4) is 0 Å². The summed E-state index contributed by atoms with van der Waals surface area (Å²) < 4.78 is 26.3. The maximum atomic E-state index is 11.1. The first-order valence-corrected chi connectivity index (χ1v) is 8.85. The van der Waals surface area contributed by atoms with Gasteiger partial charge in [0.15, 0.2) is 10.8 Å². The Balaban J connectivity index is 2.24. The Morgan fingerprint density at radius 1 is 1.52 bits per heavy atom. The summed E-state index contributed by atoms with van der Waals surface area (Å²) >= 11 is 1.07. The predicted molar refractivity (Wildman–Crippen MR) is 78.7 cm³/mol. The van der Waals surface area contributed by atoms with Gasteiger partial charge in [-0.3, -0.25) is 4.79 Å². The van der Waals surface area contributed by atoms with E-state index in [0.29, 0.717) is 22.9 Å². The Morgan fingerprint density at radius 3 is 2.95 bits per heavy atom. The van der Waals surface area contributed by atoms with Crippen LogP contribution in [0.2, 0.25) is 0 Å². The Hall–Kier alpha value is -1.65. The largest absolute Gasteiger partial charge is 0.481 e. The van der Waals surface area contributed by atoms with Crippen LogP contribution in [-0.2, 0) is 21.4 Å². The average Bonchev–Trinajstić information content (AvgIpc) is 2.73. The monoisotopic (exact) mass is 330 g/mol. The van der Waals surface area contributed by atoms with Crippen LogP contribution in [0.25, 0.3) is 11.2 Å². The van der Waals surface area contributed by atoms with E-state index in [9.17, 15) is 13.2 Å². The zero-order chi connectivity index (χ0) is 15.5. The van der Waals surface area contributed by atoms with Crippen molar-refractivity contribution in [3.63, 3.8) is 0 Å². The second kappa shape index (κ2) is 6.41. The molecule has 2 N–H and O–H groups in total. The average molecular weight is 330 g/mol. The summed E-state index contributed by atoms with van der Waals surface area (Å²) in [5, 5.41) is 9.26. The summed E-state index contributed by atoms with van der Waals surface area (Å²) in [6, 6.07) is 3.51. The van der Waals surface area contributed by atoms with Gasteiger partial charge in [0.2, 0.25) is 10.0 Å². The second-order valence-electron chi connectivity index (χ2n) is 4.24. The molecule has 0 atom stereocenters. The number of pyridine rings is 1. The minimum atomic E-state index is -3.27. The van der Waals surface area contributed by atoms with Gasteiger partial charge in [0, 0.05) is 19.3 Å². The van der Waals surface area contributed by atoms with Gasteiger partial charge in [0.05, 0.1) is 12.0 Å². The lowest BCUT2D eigenvalue weighted by molar-refractivity contribution is -0.133. The quantitative estimate of drug-likeness (QED) is 0.695. The van der Waals surface area contributed by atoms with Crippen molar-refractivity contribution in [2.45, 2.75) is 11.7 Å². The van der Waals surface area contributed by atoms with Crippen molar-refractivity contribution in [1.82, 2.24) is 19.3 Å². The van der Waals surface area contributed by atoms with E-state index in [1.54, 1.807) is 22.9 Å². The van der Waals surface area contributed by atoms with Gasteiger partial charge in [0.25, 0.3) is 0 Å². The first kappa shape index (κ1) is 15.7. The molecule has 0 saturated carbocycles. The molecule has 0 bridgehead atoms. The number of aromatic nitrogens is 3. The lowest BCUT2D eigenvalue weighted by atomic mass is 10.4. The van der Waals surface area contributed by atoms with E-state index in [-0.39, 0.29) is 12.3 Å². The highest BCUT2D eigenvalue weighted by atomic mass is 32.2. The zero-order valence-corrected chi connectivity index (χ0v) is 12.8. The number of carboxylic acid groups (broad SMARTS) is 1. The molecule has 0 aliphatic carbocycles. The molecular formula is C11H14N4O4S2. The van der Waals surface area contributed by atoms with Gasteiger partial charge in [-0.25, -0.2) is 23.1 Å². The summed E-state index contributed by atoms with van der Waals surface area (Å²) in [4.78, 5) is 19.2. The summed E-state index contributed by atoms with van der Waals surface area (Å²) in [7, 11) is -3.27. The van der Waals surface area contributed by atoms with E-state index >= 15 is 0 Å². The smallest absolute Gasteiger partial charge is 0.313 e. The molecule has 21 heavy (non-hydrogen) atoms. The molecule has 8 nitrogen and oxygen atoms in total. The van der Waals surface area contributed by atoms with Crippen molar-refractivity contribution in [2.75, 3.05) is 18.6 Å². The van der Waals surface area contributed by atoms with E-state index in [2.05, 4.69) is 14.7 Å². The molecule has 114 valence electrons. The summed E-state index contributed by atoms with van der Waals surface area (Å²) in [5.41, 5.74) is 1.24. The fraction of sp³-hybridized carbons (Fsp3) is 0.364. The van der Waals surface area contributed by atoms with Gasteiger partial charge >= 0.3 is 5.97 Å². The number of hydrogen-bond acceptors (Lipinski definition) is 6. The number of carbonyl (C=O) groups is 1. The minimum Gasteiger partial charge on any atom is -0.481 e. The van der Waals surface area contributed by atoms with Crippen LogP contribution in [0.4, 0.5) is 0 Å². The predicted octanol–water partition coefficient (Wildman–Crippen LogP) is 0.157. The van der Waals surface area contributed by atoms with Crippen molar-refractivity contribution in [3.05, 3.63) is 18.3 Å².